The Morgan fingerprint density at radius 2 is 1.52 bits per heavy atom. The summed E-state index contributed by atoms with van der Waals surface area (Å²) in [6.07, 6.45) is -0.549. The van der Waals surface area contributed by atoms with Crippen molar-refractivity contribution in [1.29, 1.82) is 0 Å². The number of hydrogen-bond acceptors (Lipinski definition) is 5. The van der Waals surface area contributed by atoms with Crippen LogP contribution < -0.4 is 5.32 Å². The molecule has 154 valence electrons. The zero-order valence-electron chi connectivity index (χ0n) is 16.7. The first kappa shape index (κ1) is 21.6. The molecule has 1 aromatic heterocycles. The third-order valence-corrected chi connectivity index (χ3v) is 6.23. The number of hydrogen-bond donors (Lipinski definition) is 5. The van der Waals surface area contributed by atoms with Crippen LogP contribution in [0.2, 0.25) is 0 Å². The van der Waals surface area contributed by atoms with Gasteiger partial charge in [0, 0.05) is 27.6 Å². The van der Waals surface area contributed by atoms with Crippen molar-refractivity contribution >= 4 is 11.8 Å². The van der Waals surface area contributed by atoms with Crippen molar-refractivity contribution in [3.05, 3.63) is 71.9 Å². The van der Waals surface area contributed by atoms with Crippen LogP contribution in [0.1, 0.15) is 23.8 Å². The molecule has 0 aliphatic heterocycles. The van der Waals surface area contributed by atoms with Gasteiger partial charge >= 0.3 is 0 Å². The predicted octanol–water partition coefficient (Wildman–Crippen LogP) is 3.51. The van der Waals surface area contributed by atoms with Crippen LogP contribution in [-0.2, 0) is 0 Å². The van der Waals surface area contributed by atoms with Gasteiger partial charge in [-0.25, -0.2) is 0 Å². The molecule has 0 radical (unpaired) electrons. The maximum atomic E-state index is 10.5. The molecular formula is C23H28N2O3S. The highest BCUT2D eigenvalue weighted by Crippen LogP contribution is 2.31. The minimum Gasteiger partial charge on any atom is -0.394 e. The van der Waals surface area contributed by atoms with Crippen molar-refractivity contribution in [1.82, 2.24) is 10.3 Å². The van der Waals surface area contributed by atoms with Gasteiger partial charge in [0.05, 0.1) is 24.9 Å². The quantitative estimate of drug-likeness (QED) is 0.371. The maximum absolute atomic E-state index is 10.5. The third kappa shape index (κ3) is 5.29. The average molecular weight is 413 g/mol. The van der Waals surface area contributed by atoms with Gasteiger partial charge in [0.25, 0.3) is 0 Å². The molecule has 1 atom stereocenters. The molecule has 2 aromatic carbocycles. The van der Waals surface area contributed by atoms with Crippen molar-refractivity contribution in [2.75, 3.05) is 20.3 Å². The van der Waals surface area contributed by atoms with E-state index < -0.39 is 11.6 Å². The molecule has 29 heavy (non-hydrogen) atoms. The second-order valence-electron chi connectivity index (χ2n) is 7.32. The van der Waals surface area contributed by atoms with E-state index in [4.69, 9.17) is 0 Å². The van der Waals surface area contributed by atoms with Gasteiger partial charge in [-0.3, -0.25) is 0 Å². The van der Waals surface area contributed by atoms with Gasteiger partial charge < -0.3 is 25.6 Å². The minimum atomic E-state index is -0.897. The Kier molecular flexibility index (Phi) is 7.16. The lowest BCUT2D eigenvalue weighted by Crippen LogP contribution is -2.50. The number of aromatic amines is 1. The Hall–Kier alpha value is -2.09. The SMILES string of the molecule is CNC(CO)(CO)CC(O)c1ccc(Sc2ccc(-c3ccc(C)[nH]3)cc2)cc1. The monoisotopic (exact) mass is 412 g/mol. The van der Waals surface area contributed by atoms with Crippen molar-refractivity contribution < 1.29 is 15.3 Å². The number of aliphatic hydroxyl groups excluding tert-OH is 3. The van der Waals surface area contributed by atoms with Crippen LogP contribution in [-0.4, -0.2) is 46.1 Å². The zero-order chi connectivity index (χ0) is 20.9. The van der Waals surface area contributed by atoms with Crippen LogP contribution in [0.3, 0.4) is 0 Å². The second-order valence-corrected chi connectivity index (χ2v) is 8.46. The highest BCUT2D eigenvalue weighted by Gasteiger charge is 2.30. The standard InChI is InChI=1S/C23H28N2O3S/c1-16-3-12-21(25-16)17-4-8-19(9-5-17)29-20-10-6-18(7-11-20)22(28)13-23(14-26,15-27)24-2/h3-12,22,24-28H,13-15H2,1-2H3. The zero-order valence-corrected chi connectivity index (χ0v) is 17.5. The summed E-state index contributed by atoms with van der Waals surface area (Å²) in [6, 6.07) is 20.3. The molecule has 0 bridgehead atoms. The number of aromatic nitrogens is 1. The molecule has 0 saturated carbocycles. The second kappa shape index (κ2) is 9.61. The van der Waals surface area contributed by atoms with E-state index in [1.807, 2.05) is 31.2 Å². The highest BCUT2D eigenvalue weighted by molar-refractivity contribution is 7.99. The third-order valence-electron chi connectivity index (χ3n) is 5.22. The van der Waals surface area contributed by atoms with Crippen LogP contribution in [0.5, 0.6) is 0 Å². The molecule has 6 heteroatoms. The fraction of sp³-hybridized carbons (Fsp3) is 0.304. The van der Waals surface area contributed by atoms with Crippen LogP contribution in [0.15, 0.2) is 70.5 Å². The number of aryl methyl sites for hydroxylation is 1. The van der Waals surface area contributed by atoms with E-state index in [1.165, 1.54) is 0 Å². The molecule has 0 amide bonds. The molecule has 5 nitrogen and oxygen atoms in total. The van der Waals surface area contributed by atoms with Gasteiger partial charge in [-0.15, -0.1) is 0 Å². The van der Waals surface area contributed by atoms with Crippen molar-refractivity contribution in [2.24, 2.45) is 0 Å². The molecule has 1 heterocycles. The topological polar surface area (TPSA) is 88.5 Å². The van der Waals surface area contributed by atoms with Crippen LogP contribution in [0, 0.1) is 6.92 Å². The normalized spacial score (nSPS) is 12.9. The summed E-state index contributed by atoms with van der Waals surface area (Å²) >= 11 is 1.66. The molecule has 3 rings (SSSR count). The summed E-state index contributed by atoms with van der Waals surface area (Å²) in [6.45, 7) is 1.55. The number of likely N-dealkylation sites (N-methyl/N-ethyl adjacent to an activating group) is 1. The van der Waals surface area contributed by atoms with E-state index in [9.17, 15) is 15.3 Å². The maximum Gasteiger partial charge on any atom is 0.0809 e. The van der Waals surface area contributed by atoms with E-state index >= 15 is 0 Å². The predicted molar refractivity (Wildman–Crippen MR) is 117 cm³/mol. The van der Waals surface area contributed by atoms with E-state index in [0.717, 1.165) is 32.3 Å². The van der Waals surface area contributed by atoms with Crippen LogP contribution in [0.25, 0.3) is 11.3 Å². The summed E-state index contributed by atoms with van der Waals surface area (Å²) in [5.74, 6) is 0. The van der Waals surface area contributed by atoms with E-state index in [1.54, 1.807) is 18.8 Å². The minimum absolute atomic E-state index is 0.225. The van der Waals surface area contributed by atoms with Gasteiger partial charge in [-0.05, 0) is 61.5 Å². The fourth-order valence-corrected chi connectivity index (χ4v) is 4.01. The van der Waals surface area contributed by atoms with Gasteiger partial charge in [0.2, 0.25) is 0 Å². The molecule has 1 unspecified atom stereocenters. The summed E-state index contributed by atoms with van der Waals surface area (Å²) in [4.78, 5) is 5.56. The Morgan fingerprint density at radius 3 is 2.00 bits per heavy atom. The summed E-state index contributed by atoms with van der Waals surface area (Å²) in [7, 11) is 1.67. The number of rotatable bonds is 9. The molecule has 5 N–H and O–H groups in total. The molecule has 0 fully saturated rings. The molecule has 0 spiro atoms. The van der Waals surface area contributed by atoms with Gasteiger partial charge in [-0.1, -0.05) is 36.0 Å². The molecule has 0 saturated heterocycles. The molecule has 0 aliphatic carbocycles. The highest BCUT2D eigenvalue weighted by atomic mass is 32.2. The lowest BCUT2D eigenvalue weighted by Gasteiger charge is -2.31. The summed E-state index contributed by atoms with van der Waals surface area (Å²) in [5, 5.41) is 32.5. The Balaban J connectivity index is 1.64. The molecule has 0 aliphatic rings. The van der Waals surface area contributed by atoms with Gasteiger partial charge in [-0.2, -0.15) is 0 Å². The van der Waals surface area contributed by atoms with E-state index in [2.05, 4.69) is 46.7 Å². The molecule has 3 aromatic rings. The Labute approximate surface area is 175 Å². The lowest BCUT2D eigenvalue weighted by molar-refractivity contribution is 0.0435. The van der Waals surface area contributed by atoms with Crippen LogP contribution >= 0.6 is 11.8 Å². The fourth-order valence-electron chi connectivity index (χ4n) is 3.20. The number of H-pyrrole nitrogens is 1. The summed E-state index contributed by atoms with van der Waals surface area (Å²) < 4.78 is 0. The number of nitrogens with one attached hydrogen (secondary N) is 2. The number of benzene rings is 2. The van der Waals surface area contributed by atoms with E-state index in [-0.39, 0.29) is 19.6 Å². The van der Waals surface area contributed by atoms with Gasteiger partial charge in [0.15, 0.2) is 0 Å². The van der Waals surface area contributed by atoms with E-state index in [0.29, 0.717) is 0 Å². The average Bonchev–Trinajstić information content (AvgIpc) is 3.19. The first-order valence-electron chi connectivity index (χ1n) is 9.61. The lowest BCUT2D eigenvalue weighted by atomic mass is 9.91. The van der Waals surface area contributed by atoms with Crippen LogP contribution in [0.4, 0.5) is 0 Å². The first-order valence-corrected chi connectivity index (χ1v) is 10.4. The first-order chi connectivity index (χ1) is 14.0. The Morgan fingerprint density at radius 1 is 0.931 bits per heavy atom. The van der Waals surface area contributed by atoms with Gasteiger partial charge in [0.1, 0.15) is 0 Å². The van der Waals surface area contributed by atoms with Crippen molar-refractivity contribution in [2.45, 2.75) is 34.8 Å². The molecular weight excluding hydrogens is 384 g/mol. The Bertz CT molecular complexity index is 894. The smallest absolute Gasteiger partial charge is 0.0809 e. The number of aliphatic hydroxyl groups is 3. The summed E-state index contributed by atoms with van der Waals surface area (Å²) in [5.41, 5.74) is 3.27. The van der Waals surface area contributed by atoms with Crippen molar-refractivity contribution in [3.8, 4) is 11.3 Å². The largest absolute Gasteiger partial charge is 0.394 e. The van der Waals surface area contributed by atoms with Crippen molar-refractivity contribution in [3.63, 3.8) is 0 Å².